The molecule has 0 unspecified atom stereocenters. The predicted octanol–water partition coefficient (Wildman–Crippen LogP) is 2.99. The maximum Gasteiger partial charge on any atom is 0.269 e. The van der Waals surface area contributed by atoms with Crippen LogP contribution >= 0.6 is 11.6 Å². The van der Waals surface area contributed by atoms with Gasteiger partial charge in [-0.2, -0.15) is 0 Å². The van der Waals surface area contributed by atoms with Crippen molar-refractivity contribution in [1.82, 2.24) is 4.90 Å². The highest BCUT2D eigenvalue weighted by atomic mass is 35.5. The summed E-state index contributed by atoms with van der Waals surface area (Å²) in [5, 5.41) is 14.4. The molecule has 4 heterocycles. The number of halogens is 1. The number of hydrogen-bond acceptors (Lipinski definition) is 6. The Hall–Kier alpha value is -3.30. The molecule has 2 aromatic carbocycles. The van der Waals surface area contributed by atoms with Crippen LogP contribution in [0.4, 0.5) is 17.1 Å². The molecule has 0 radical (unpaired) electrons. The molecule has 3 amide bonds. The van der Waals surface area contributed by atoms with Crippen LogP contribution in [0.3, 0.4) is 0 Å². The molecule has 6 rings (SSSR count). The normalized spacial score (nSPS) is 30.1. The highest BCUT2D eigenvalue weighted by molar-refractivity contribution is 6.31. The van der Waals surface area contributed by atoms with Crippen molar-refractivity contribution in [2.75, 3.05) is 16.8 Å². The molecule has 2 aromatic rings. The number of nitro benzene ring substituents is 1. The molecule has 3 saturated heterocycles. The summed E-state index contributed by atoms with van der Waals surface area (Å²) in [5.74, 6) is -2.72. The van der Waals surface area contributed by atoms with E-state index in [0.717, 1.165) is 16.9 Å². The van der Waals surface area contributed by atoms with Gasteiger partial charge in [-0.1, -0.05) is 11.6 Å². The summed E-state index contributed by atoms with van der Waals surface area (Å²) in [6, 6.07) is 8.58. The van der Waals surface area contributed by atoms with Gasteiger partial charge in [0.25, 0.3) is 5.69 Å². The van der Waals surface area contributed by atoms with Crippen molar-refractivity contribution in [3.05, 3.63) is 62.7 Å². The zero-order chi connectivity index (χ0) is 23.2. The fourth-order valence-corrected chi connectivity index (χ4v) is 6.69. The Labute approximate surface area is 193 Å². The third-order valence-corrected chi connectivity index (χ3v) is 7.80. The number of nitro groups is 1. The van der Waals surface area contributed by atoms with E-state index in [0.29, 0.717) is 29.2 Å². The van der Waals surface area contributed by atoms with Gasteiger partial charge in [-0.25, -0.2) is 4.90 Å². The molecule has 1 spiro atoms. The van der Waals surface area contributed by atoms with Gasteiger partial charge in [-0.15, -0.1) is 0 Å². The molecule has 33 heavy (non-hydrogen) atoms. The summed E-state index contributed by atoms with van der Waals surface area (Å²) >= 11 is 6.38. The fraction of sp³-hybridized carbons (Fsp3) is 0.348. The van der Waals surface area contributed by atoms with Gasteiger partial charge in [0.2, 0.25) is 17.7 Å². The molecule has 1 N–H and O–H groups in total. The van der Waals surface area contributed by atoms with E-state index < -0.39 is 28.2 Å². The maximum absolute atomic E-state index is 13.9. The molecule has 4 aliphatic rings. The topological polar surface area (TPSA) is 113 Å². The lowest BCUT2D eigenvalue weighted by molar-refractivity contribution is -0.384. The lowest BCUT2D eigenvalue weighted by atomic mass is 9.75. The number of anilines is 2. The number of nitrogens with one attached hydrogen (secondary N) is 1. The highest BCUT2D eigenvalue weighted by Gasteiger charge is 2.74. The summed E-state index contributed by atoms with van der Waals surface area (Å²) in [7, 11) is 0. The van der Waals surface area contributed by atoms with E-state index in [4.69, 9.17) is 11.6 Å². The van der Waals surface area contributed by atoms with E-state index in [9.17, 15) is 24.5 Å². The van der Waals surface area contributed by atoms with Crippen molar-refractivity contribution in [3.63, 3.8) is 0 Å². The van der Waals surface area contributed by atoms with Crippen LogP contribution < -0.4 is 10.2 Å². The first-order valence-corrected chi connectivity index (χ1v) is 11.2. The first-order valence-electron chi connectivity index (χ1n) is 10.8. The number of hydrogen-bond donors (Lipinski definition) is 1. The molecule has 4 atom stereocenters. The molecule has 0 aromatic heterocycles. The van der Waals surface area contributed by atoms with Gasteiger partial charge in [-0.05, 0) is 56.1 Å². The van der Waals surface area contributed by atoms with Gasteiger partial charge in [0.15, 0.2) is 0 Å². The van der Waals surface area contributed by atoms with Crippen LogP contribution in [-0.4, -0.2) is 40.1 Å². The van der Waals surface area contributed by atoms with E-state index in [-0.39, 0.29) is 29.2 Å². The van der Waals surface area contributed by atoms with Crippen LogP contribution in [0, 0.1) is 28.9 Å². The first kappa shape index (κ1) is 20.3. The Morgan fingerprint density at radius 2 is 1.88 bits per heavy atom. The Morgan fingerprint density at radius 3 is 2.58 bits per heavy atom. The number of imide groups is 1. The number of non-ortho nitro benzene ring substituents is 1. The average molecular weight is 467 g/mol. The van der Waals surface area contributed by atoms with Crippen LogP contribution in [0.2, 0.25) is 5.02 Å². The molecule has 0 bridgehead atoms. The molecule has 10 heteroatoms. The summed E-state index contributed by atoms with van der Waals surface area (Å²) in [6.45, 7) is 2.46. The van der Waals surface area contributed by atoms with Crippen molar-refractivity contribution in [2.24, 2.45) is 11.8 Å². The van der Waals surface area contributed by atoms with E-state index in [1.165, 1.54) is 24.3 Å². The maximum atomic E-state index is 13.9. The molecule has 9 nitrogen and oxygen atoms in total. The SMILES string of the molecule is Cc1cc(Cl)cc2c1NC(=O)[C@]21[C@@H]2C(=O)N(c3ccc([N+](=O)[O-])cc3)C(=O)[C@@H]2[C@@H]2CCCN21. The predicted molar refractivity (Wildman–Crippen MR) is 119 cm³/mol. The molecule has 0 aliphatic carbocycles. The average Bonchev–Trinajstić information content (AvgIpc) is 3.47. The van der Waals surface area contributed by atoms with Gasteiger partial charge in [-0.3, -0.25) is 29.4 Å². The minimum absolute atomic E-state index is 0.134. The number of carbonyl (C=O) groups is 3. The minimum atomic E-state index is -1.31. The summed E-state index contributed by atoms with van der Waals surface area (Å²) in [6.07, 6.45) is 1.52. The minimum Gasteiger partial charge on any atom is -0.324 e. The lowest BCUT2D eigenvalue weighted by Crippen LogP contribution is -2.54. The second-order valence-corrected chi connectivity index (χ2v) is 9.49. The summed E-state index contributed by atoms with van der Waals surface area (Å²) in [5.41, 5.74) is 0.912. The third kappa shape index (κ3) is 2.38. The monoisotopic (exact) mass is 466 g/mol. The Bertz CT molecular complexity index is 1280. The molecule has 3 fully saturated rings. The van der Waals surface area contributed by atoms with Crippen molar-refractivity contribution in [2.45, 2.75) is 31.3 Å². The number of fused-ring (bicyclic) bond motifs is 7. The smallest absolute Gasteiger partial charge is 0.269 e. The number of carbonyl (C=O) groups excluding carboxylic acids is 3. The van der Waals surface area contributed by atoms with E-state index >= 15 is 0 Å². The Balaban J connectivity index is 1.53. The summed E-state index contributed by atoms with van der Waals surface area (Å²) in [4.78, 5) is 54.8. The van der Waals surface area contributed by atoms with E-state index in [1.807, 2.05) is 11.8 Å². The van der Waals surface area contributed by atoms with Crippen molar-refractivity contribution in [1.29, 1.82) is 0 Å². The number of aryl methyl sites for hydroxylation is 1. The molecular weight excluding hydrogens is 448 g/mol. The van der Waals surface area contributed by atoms with Crippen molar-refractivity contribution < 1.29 is 19.3 Å². The highest BCUT2D eigenvalue weighted by Crippen LogP contribution is 2.61. The number of rotatable bonds is 2. The van der Waals surface area contributed by atoms with E-state index in [2.05, 4.69) is 5.32 Å². The van der Waals surface area contributed by atoms with Gasteiger partial charge in [0, 0.05) is 34.4 Å². The Morgan fingerprint density at radius 1 is 1.15 bits per heavy atom. The van der Waals surface area contributed by atoms with Gasteiger partial charge in [0.05, 0.1) is 22.4 Å². The van der Waals surface area contributed by atoms with Gasteiger partial charge in [0.1, 0.15) is 5.54 Å². The van der Waals surface area contributed by atoms with Crippen molar-refractivity contribution in [3.8, 4) is 0 Å². The molecule has 0 saturated carbocycles. The van der Waals surface area contributed by atoms with Crippen LogP contribution in [0.15, 0.2) is 36.4 Å². The Kier molecular flexibility index (Phi) is 4.07. The molecular formula is C23H19ClN4O5. The van der Waals surface area contributed by atoms with E-state index in [1.54, 1.807) is 12.1 Å². The van der Waals surface area contributed by atoms with Crippen LogP contribution in [0.25, 0.3) is 0 Å². The lowest BCUT2D eigenvalue weighted by Gasteiger charge is -2.36. The van der Waals surface area contributed by atoms with Crippen LogP contribution in [0.1, 0.15) is 24.0 Å². The van der Waals surface area contributed by atoms with Crippen LogP contribution in [-0.2, 0) is 19.9 Å². The number of amides is 3. The fourth-order valence-electron chi connectivity index (χ4n) is 6.41. The zero-order valence-electron chi connectivity index (χ0n) is 17.6. The summed E-state index contributed by atoms with van der Waals surface area (Å²) < 4.78 is 0. The largest absolute Gasteiger partial charge is 0.324 e. The zero-order valence-corrected chi connectivity index (χ0v) is 18.3. The van der Waals surface area contributed by atoms with Crippen molar-refractivity contribution >= 4 is 46.4 Å². The van der Waals surface area contributed by atoms with Gasteiger partial charge < -0.3 is 5.32 Å². The third-order valence-electron chi connectivity index (χ3n) is 7.58. The first-order chi connectivity index (χ1) is 15.8. The number of nitrogens with zero attached hydrogens (tertiary/aromatic N) is 3. The van der Waals surface area contributed by atoms with Crippen LogP contribution in [0.5, 0.6) is 0 Å². The second kappa shape index (κ2) is 6.61. The quantitative estimate of drug-likeness (QED) is 0.413. The molecule has 4 aliphatic heterocycles. The standard InChI is InChI=1S/C23H19ClN4O5/c1-11-9-12(24)10-15-19(11)25-22(31)23(15)18-17(16-3-2-8-26(16)23)20(29)27(21(18)30)13-4-6-14(7-5-13)28(32)33/h4-7,9-10,16-18H,2-3,8H2,1H3,(H,25,31)/t16-,17+,18-,23+/m0/s1. The number of benzene rings is 2. The second-order valence-electron chi connectivity index (χ2n) is 9.06. The molecule has 168 valence electrons. The van der Waals surface area contributed by atoms with Gasteiger partial charge >= 0.3 is 0 Å².